The number of carbonyl (C=O) groups excluding carboxylic acids is 1. The van der Waals surface area contributed by atoms with Gasteiger partial charge in [-0.15, -0.1) is 0 Å². The molecule has 0 aliphatic carbocycles. The Balaban J connectivity index is 1.52. The van der Waals surface area contributed by atoms with Gasteiger partial charge in [-0.3, -0.25) is 9.20 Å². The van der Waals surface area contributed by atoms with E-state index in [1.165, 1.54) is 12.3 Å². The van der Waals surface area contributed by atoms with Gasteiger partial charge in [-0.25, -0.2) is 19.3 Å². The van der Waals surface area contributed by atoms with Gasteiger partial charge in [0.15, 0.2) is 5.82 Å². The summed E-state index contributed by atoms with van der Waals surface area (Å²) >= 11 is 0. The van der Waals surface area contributed by atoms with Gasteiger partial charge in [-0.2, -0.15) is 5.26 Å². The van der Waals surface area contributed by atoms with Gasteiger partial charge in [0.1, 0.15) is 29.4 Å². The molecule has 4 rings (SSSR count). The van der Waals surface area contributed by atoms with Gasteiger partial charge < -0.3 is 10.2 Å². The highest BCUT2D eigenvalue weighted by atomic mass is 19.1. The molecule has 27 heavy (non-hydrogen) atoms. The molecule has 1 fully saturated rings. The van der Waals surface area contributed by atoms with Crippen LogP contribution in [0.5, 0.6) is 0 Å². The van der Waals surface area contributed by atoms with Crippen molar-refractivity contribution in [2.24, 2.45) is 0 Å². The Labute approximate surface area is 154 Å². The second kappa shape index (κ2) is 6.99. The fourth-order valence-corrected chi connectivity index (χ4v) is 3.18. The van der Waals surface area contributed by atoms with Crippen molar-refractivity contribution in [2.75, 3.05) is 18.4 Å². The van der Waals surface area contributed by atoms with E-state index < -0.39 is 0 Å². The highest BCUT2D eigenvalue weighted by Crippen LogP contribution is 2.20. The van der Waals surface area contributed by atoms with Crippen LogP contribution in [-0.2, 0) is 4.79 Å². The van der Waals surface area contributed by atoms with E-state index in [1.54, 1.807) is 33.8 Å². The highest BCUT2D eigenvalue weighted by molar-refractivity contribution is 5.78. The van der Waals surface area contributed by atoms with Gasteiger partial charge in [0.2, 0.25) is 5.91 Å². The van der Waals surface area contributed by atoms with Crippen LogP contribution in [0.2, 0.25) is 0 Å². The number of carbonyl (C=O) groups is 1. The molecule has 0 unspecified atom stereocenters. The van der Waals surface area contributed by atoms with Crippen LogP contribution in [0.4, 0.5) is 10.2 Å². The van der Waals surface area contributed by atoms with Crippen LogP contribution in [0.1, 0.15) is 12.8 Å². The Bertz CT molecular complexity index is 1040. The normalized spacial score (nSPS) is 16.4. The van der Waals surface area contributed by atoms with Gasteiger partial charge >= 0.3 is 0 Å². The SMILES string of the molecule is N#CCC(=O)N1CC[C@@H](Nc2ccnc(-c3cnc4ccc(F)cn34)n2)C1. The Morgan fingerprint density at radius 2 is 2.26 bits per heavy atom. The van der Waals surface area contributed by atoms with Gasteiger partial charge in [-0.05, 0) is 24.6 Å². The highest BCUT2D eigenvalue weighted by Gasteiger charge is 2.26. The van der Waals surface area contributed by atoms with Gasteiger partial charge in [0.25, 0.3) is 0 Å². The number of hydrogen-bond donors (Lipinski definition) is 1. The molecular formula is C18H16FN7O. The third kappa shape index (κ3) is 3.42. The maximum Gasteiger partial charge on any atom is 0.236 e. The number of nitrogens with one attached hydrogen (secondary N) is 1. The Kier molecular flexibility index (Phi) is 4.38. The van der Waals surface area contributed by atoms with Crippen molar-refractivity contribution in [3.63, 3.8) is 0 Å². The van der Waals surface area contributed by atoms with E-state index >= 15 is 0 Å². The Morgan fingerprint density at radius 1 is 1.37 bits per heavy atom. The molecule has 1 N–H and O–H groups in total. The number of nitrogens with zero attached hydrogens (tertiary/aromatic N) is 6. The maximum atomic E-state index is 13.6. The minimum Gasteiger partial charge on any atom is -0.365 e. The second-order valence-corrected chi connectivity index (χ2v) is 6.29. The summed E-state index contributed by atoms with van der Waals surface area (Å²) in [7, 11) is 0. The van der Waals surface area contributed by atoms with E-state index in [1.807, 2.05) is 6.07 Å². The van der Waals surface area contributed by atoms with E-state index in [2.05, 4.69) is 20.3 Å². The van der Waals surface area contributed by atoms with Crippen molar-refractivity contribution in [3.8, 4) is 17.6 Å². The number of fused-ring (bicyclic) bond motifs is 1. The smallest absolute Gasteiger partial charge is 0.236 e. The zero-order chi connectivity index (χ0) is 18.8. The largest absolute Gasteiger partial charge is 0.365 e. The molecule has 1 amide bonds. The topological polar surface area (TPSA) is 99.2 Å². The van der Waals surface area contributed by atoms with Crippen LogP contribution in [0, 0.1) is 17.1 Å². The third-order valence-electron chi connectivity index (χ3n) is 4.48. The first-order valence-electron chi connectivity index (χ1n) is 8.51. The number of likely N-dealkylation sites (tertiary alicyclic amines) is 1. The minimum atomic E-state index is -0.371. The van der Waals surface area contributed by atoms with E-state index in [0.717, 1.165) is 6.42 Å². The average molecular weight is 365 g/mol. The summed E-state index contributed by atoms with van der Waals surface area (Å²) < 4.78 is 15.2. The second-order valence-electron chi connectivity index (χ2n) is 6.29. The molecule has 0 radical (unpaired) electrons. The number of imidazole rings is 1. The summed E-state index contributed by atoms with van der Waals surface area (Å²) in [6.45, 7) is 1.14. The number of amides is 1. The zero-order valence-corrected chi connectivity index (χ0v) is 14.3. The number of nitriles is 1. The van der Waals surface area contributed by atoms with Crippen molar-refractivity contribution >= 4 is 17.4 Å². The molecule has 3 aromatic heterocycles. The molecule has 1 saturated heterocycles. The van der Waals surface area contributed by atoms with Crippen LogP contribution in [0.15, 0.2) is 36.8 Å². The molecule has 1 atom stereocenters. The van der Waals surface area contributed by atoms with E-state index in [0.29, 0.717) is 36.1 Å². The van der Waals surface area contributed by atoms with Crippen LogP contribution < -0.4 is 5.32 Å². The van der Waals surface area contributed by atoms with Gasteiger partial charge in [0, 0.05) is 31.5 Å². The van der Waals surface area contributed by atoms with E-state index in [4.69, 9.17) is 5.26 Å². The van der Waals surface area contributed by atoms with Crippen molar-refractivity contribution in [3.05, 3.63) is 42.6 Å². The molecule has 136 valence electrons. The summed E-state index contributed by atoms with van der Waals surface area (Å²) in [5.41, 5.74) is 1.20. The molecule has 1 aliphatic heterocycles. The summed E-state index contributed by atoms with van der Waals surface area (Å²) in [5.74, 6) is 0.515. The predicted molar refractivity (Wildman–Crippen MR) is 95.0 cm³/mol. The minimum absolute atomic E-state index is 0.0509. The molecule has 9 heteroatoms. The van der Waals surface area contributed by atoms with Crippen molar-refractivity contribution in [2.45, 2.75) is 18.9 Å². The standard InChI is InChI=1S/C18H16FN7O/c19-12-1-2-16-22-9-14(26(16)10-12)18-21-7-4-15(24-18)23-13-5-8-25(11-13)17(27)3-6-20/h1-2,4,7,9-10,13H,3,5,8,11H2,(H,21,23,24)/t13-/m1/s1. The van der Waals surface area contributed by atoms with Crippen LogP contribution in [-0.4, -0.2) is 49.3 Å². The van der Waals surface area contributed by atoms with Crippen molar-refractivity contribution in [1.82, 2.24) is 24.3 Å². The zero-order valence-electron chi connectivity index (χ0n) is 14.3. The number of aromatic nitrogens is 4. The molecule has 0 bridgehead atoms. The third-order valence-corrected chi connectivity index (χ3v) is 4.48. The van der Waals surface area contributed by atoms with Crippen molar-refractivity contribution < 1.29 is 9.18 Å². The number of hydrogen-bond acceptors (Lipinski definition) is 6. The fourth-order valence-electron chi connectivity index (χ4n) is 3.18. The first-order valence-corrected chi connectivity index (χ1v) is 8.51. The van der Waals surface area contributed by atoms with Crippen LogP contribution >= 0.6 is 0 Å². The number of anilines is 1. The lowest BCUT2D eigenvalue weighted by Crippen LogP contribution is -2.31. The number of pyridine rings is 1. The summed E-state index contributed by atoms with van der Waals surface area (Å²) in [6.07, 6.45) is 5.24. The molecule has 8 nitrogen and oxygen atoms in total. The number of halogens is 1. The average Bonchev–Trinajstić information content (AvgIpc) is 3.29. The molecule has 0 spiro atoms. The Hall–Kier alpha value is -3.54. The first kappa shape index (κ1) is 16.9. The quantitative estimate of drug-likeness (QED) is 0.758. The number of rotatable bonds is 4. The van der Waals surface area contributed by atoms with Gasteiger partial charge in [-0.1, -0.05) is 0 Å². The predicted octanol–water partition coefficient (Wildman–Crippen LogP) is 1.86. The lowest BCUT2D eigenvalue weighted by atomic mass is 10.2. The molecule has 0 saturated carbocycles. The van der Waals surface area contributed by atoms with Crippen LogP contribution in [0.3, 0.4) is 0 Å². The molecule has 0 aromatic carbocycles. The lowest BCUT2D eigenvalue weighted by molar-refractivity contribution is -0.129. The molecular weight excluding hydrogens is 349 g/mol. The summed E-state index contributed by atoms with van der Waals surface area (Å²) in [5, 5.41) is 11.9. The molecule has 4 heterocycles. The van der Waals surface area contributed by atoms with E-state index in [-0.39, 0.29) is 24.2 Å². The van der Waals surface area contributed by atoms with Gasteiger partial charge in [0.05, 0.1) is 12.3 Å². The summed E-state index contributed by atoms with van der Waals surface area (Å²) in [4.78, 5) is 26.5. The van der Waals surface area contributed by atoms with Crippen molar-refractivity contribution in [1.29, 1.82) is 5.26 Å². The molecule has 1 aliphatic rings. The fraction of sp³-hybridized carbons (Fsp3) is 0.278. The molecule has 3 aromatic rings. The maximum absolute atomic E-state index is 13.6. The van der Waals surface area contributed by atoms with E-state index in [9.17, 15) is 9.18 Å². The lowest BCUT2D eigenvalue weighted by Gasteiger charge is -2.16. The summed E-state index contributed by atoms with van der Waals surface area (Å²) in [6, 6.07) is 6.62. The monoisotopic (exact) mass is 365 g/mol. The Morgan fingerprint density at radius 3 is 3.11 bits per heavy atom. The van der Waals surface area contributed by atoms with Crippen LogP contribution in [0.25, 0.3) is 17.2 Å². The first-order chi connectivity index (χ1) is 13.1.